The number of aliphatic carboxylic acids is 1. The molecular formula is C11H15NO2. The molecule has 0 aliphatic heterocycles. The lowest BCUT2D eigenvalue weighted by molar-refractivity contribution is -0.135. The minimum absolute atomic E-state index is 0.0551. The SMILES string of the molecule is CCN(CC(=O)O)c1ccc(C)cc1. The standard InChI is InChI=1S/C11H15NO2/c1-3-12(8-11(13)14)10-6-4-9(2)5-7-10/h4-7H,3,8H2,1-2H3,(H,13,14). The van der Waals surface area contributed by atoms with Crippen molar-refractivity contribution >= 4 is 11.7 Å². The quantitative estimate of drug-likeness (QED) is 0.794. The summed E-state index contributed by atoms with van der Waals surface area (Å²) in [6.45, 7) is 4.72. The van der Waals surface area contributed by atoms with Crippen LogP contribution in [0.3, 0.4) is 0 Å². The highest BCUT2D eigenvalue weighted by Crippen LogP contribution is 2.14. The Balaban J connectivity index is 2.78. The van der Waals surface area contributed by atoms with Crippen LogP contribution in [0.4, 0.5) is 5.69 Å². The van der Waals surface area contributed by atoms with Crippen LogP contribution in [0.25, 0.3) is 0 Å². The van der Waals surface area contributed by atoms with E-state index in [0.717, 1.165) is 5.69 Å². The van der Waals surface area contributed by atoms with E-state index in [1.807, 2.05) is 43.0 Å². The van der Waals surface area contributed by atoms with E-state index in [0.29, 0.717) is 6.54 Å². The number of carboxylic acids is 1. The third-order valence-corrected chi connectivity index (χ3v) is 2.11. The molecule has 0 unspecified atom stereocenters. The lowest BCUT2D eigenvalue weighted by Crippen LogP contribution is -2.29. The van der Waals surface area contributed by atoms with Crippen molar-refractivity contribution < 1.29 is 9.90 Å². The monoisotopic (exact) mass is 193 g/mol. The molecule has 0 aromatic heterocycles. The summed E-state index contributed by atoms with van der Waals surface area (Å²) in [5.74, 6) is -0.799. The first-order chi connectivity index (χ1) is 6.63. The minimum Gasteiger partial charge on any atom is -0.480 e. The summed E-state index contributed by atoms with van der Waals surface area (Å²) in [5.41, 5.74) is 2.14. The molecule has 14 heavy (non-hydrogen) atoms. The molecule has 0 bridgehead atoms. The zero-order valence-electron chi connectivity index (χ0n) is 8.53. The van der Waals surface area contributed by atoms with Gasteiger partial charge >= 0.3 is 5.97 Å². The van der Waals surface area contributed by atoms with Crippen LogP contribution >= 0.6 is 0 Å². The smallest absolute Gasteiger partial charge is 0.323 e. The average molecular weight is 193 g/mol. The molecule has 1 aromatic rings. The van der Waals surface area contributed by atoms with Gasteiger partial charge in [0.15, 0.2) is 0 Å². The molecular weight excluding hydrogens is 178 g/mol. The van der Waals surface area contributed by atoms with E-state index in [9.17, 15) is 4.79 Å². The zero-order chi connectivity index (χ0) is 10.6. The normalized spacial score (nSPS) is 9.86. The van der Waals surface area contributed by atoms with E-state index in [2.05, 4.69) is 0 Å². The number of carbonyl (C=O) groups is 1. The summed E-state index contributed by atoms with van der Waals surface area (Å²) >= 11 is 0. The number of benzene rings is 1. The second-order valence-electron chi connectivity index (χ2n) is 3.24. The summed E-state index contributed by atoms with van der Waals surface area (Å²) in [4.78, 5) is 12.4. The molecule has 1 N–H and O–H groups in total. The number of likely N-dealkylation sites (N-methyl/N-ethyl adjacent to an activating group) is 1. The fourth-order valence-electron chi connectivity index (χ4n) is 1.30. The van der Waals surface area contributed by atoms with Crippen molar-refractivity contribution in [2.45, 2.75) is 13.8 Å². The lowest BCUT2D eigenvalue weighted by atomic mass is 10.2. The topological polar surface area (TPSA) is 40.5 Å². The second-order valence-corrected chi connectivity index (χ2v) is 3.24. The van der Waals surface area contributed by atoms with Crippen molar-refractivity contribution in [2.24, 2.45) is 0 Å². The van der Waals surface area contributed by atoms with Gasteiger partial charge in [0.1, 0.15) is 6.54 Å². The van der Waals surface area contributed by atoms with E-state index in [1.54, 1.807) is 0 Å². The van der Waals surface area contributed by atoms with Gasteiger partial charge in [0.05, 0.1) is 0 Å². The summed E-state index contributed by atoms with van der Waals surface area (Å²) in [5, 5.41) is 8.69. The Kier molecular flexibility index (Phi) is 3.51. The number of carboxylic acid groups (broad SMARTS) is 1. The van der Waals surface area contributed by atoms with E-state index in [-0.39, 0.29) is 6.54 Å². The zero-order valence-corrected chi connectivity index (χ0v) is 8.53. The largest absolute Gasteiger partial charge is 0.480 e. The predicted octanol–water partition coefficient (Wildman–Crippen LogP) is 1.91. The van der Waals surface area contributed by atoms with Crippen molar-refractivity contribution in [3.63, 3.8) is 0 Å². The van der Waals surface area contributed by atoms with Gasteiger partial charge in [-0.05, 0) is 26.0 Å². The third kappa shape index (κ3) is 2.76. The van der Waals surface area contributed by atoms with Crippen LogP contribution in [-0.2, 0) is 4.79 Å². The minimum atomic E-state index is -0.799. The Morgan fingerprint density at radius 3 is 2.36 bits per heavy atom. The Bertz CT molecular complexity index is 306. The van der Waals surface area contributed by atoms with E-state index < -0.39 is 5.97 Å². The molecule has 0 heterocycles. The fourth-order valence-corrected chi connectivity index (χ4v) is 1.30. The van der Waals surface area contributed by atoms with Gasteiger partial charge in [0, 0.05) is 12.2 Å². The van der Waals surface area contributed by atoms with Crippen molar-refractivity contribution in [3.05, 3.63) is 29.8 Å². The highest BCUT2D eigenvalue weighted by Gasteiger charge is 2.07. The molecule has 0 saturated heterocycles. The Morgan fingerprint density at radius 2 is 1.93 bits per heavy atom. The number of nitrogens with zero attached hydrogens (tertiary/aromatic N) is 1. The van der Waals surface area contributed by atoms with Gasteiger partial charge in [-0.1, -0.05) is 17.7 Å². The number of anilines is 1. The molecule has 3 nitrogen and oxygen atoms in total. The molecule has 3 heteroatoms. The van der Waals surface area contributed by atoms with Gasteiger partial charge in [-0.3, -0.25) is 4.79 Å². The van der Waals surface area contributed by atoms with Crippen LogP contribution in [0.5, 0.6) is 0 Å². The molecule has 1 rings (SSSR count). The summed E-state index contributed by atoms with van der Waals surface area (Å²) in [7, 11) is 0. The van der Waals surface area contributed by atoms with E-state index in [1.165, 1.54) is 5.56 Å². The van der Waals surface area contributed by atoms with Crippen LogP contribution in [0.2, 0.25) is 0 Å². The van der Waals surface area contributed by atoms with Crippen LogP contribution in [-0.4, -0.2) is 24.2 Å². The molecule has 0 aliphatic rings. The number of rotatable bonds is 4. The Labute approximate surface area is 84.0 Å². The highest BCUT2D eigenvalue weighted by molar-refractivity contribution is 5.73. The van der Waals surface area contributed by atoms with Crippen molar-refractivity contribution in [3.8, 4) is 0 Å². The van der Waals surface area contributed by atoms with Crippen molar-refractivity contribution in [1.29, 1.82) is 0 Å². The molecule has 0 fully saturated rings. The molecule has 0 saturated carbocycles. The molecule has 0 radical (unpaired) electrons. The third-order valence-electron chi connectivity index (χ3n) is 2.11. The molecule has 0 aliphatic carbocycles. The van der Waals surface area contributed by atoms with Gasteiger partial charge in [0.2, 0.25) is 0 Å². The number of hydrogen-bond acceptors (Lipinski definition) is 2. The first-order valence-electron chi connectivity index (χ1n) is 4.67. The Morgan fingerprint density at radius 1 is 1.36 bits per heavy atom. The second kappa shape index (κ2) is 4.65. The fraction of sp³-hybridized carbons (Fsp3) is 0.364. The maximum absolute atomic E-state index is 10.6. The predicted molar refractivity (Wildman–Crippen MR) is 56.7 cm³/mol. The van der Waals surface area contributed by atoms with Gasteiger partial charge in [-0.2, -0.15) is 0 Å². The van der Waals surface area contributed by atoms with Crippen LogP contribution in [0.15, 0.2) is 24.3 Å². The van der Waals surface area contributed by atoms with Gasteiger partial charge < -0.3 is 10.0 Å². The number of aryl methyl sites for hydroxylation is 1. The maximum atomic E-state index is 10.6. The van der Waals surface area contributed by atoms with Gasteiger partial charge in [-0.25, -0.2) is 0 Å². The maximum Gasteiger partial charge on any atom is 0.323 e. The lowest BCUT2D eigenvalue weighted by Gasteiger charge is -2.20. The van der Waals surface area contributed by atoms with Gasteiger partial charge in [-0.15, -0.1) is 0 Å². The summed E-state index contributed by atoms with van der Waals surface area (Å²) in [6, 6.07) is 7.86. The van der Waals surface area contributed by atoms with E-state index >= 15 is 0 Å². The molecule has 1 aromatic carbocycles. The highest BCUT2D eigenvalue weighted by atomic mass is 16.4. The summed E-state index contributed by atoms with van der Waals surface area (Å²) < 4.78 is 0. The molecule has 0 atom stereocenters. The average Bonchev–Trinajstić information content (AvgIpc) is 2.15. The summed E-state index contributed by atoms with van der Waals surface area (Å²) in [6.07, 6.45) is 0. The number of hydrogen-bond donors (Lipinski definition) is 1. The van der Waals surface area contributed by atoms with Crippen LogP contribution in [0, 0.1) is 6.92 Å². The molecule has 0 amide bonds. The van der Waals surface area contributed by atoms with Crippen molar-refractivity contribution in [1.82, 2.24) is 0 Å². The first-order valence-corrected chi connectivity index (χ1v) is 4.67. The Hall–Kier alpha value is -1.51. The molecule has 76 valence electrons. The van der Waals surface area contributed by atoms with Gasteiger partial charge in [0.25, 0.3) is 0 Å². The van der Waals surface area contributed by atoms with Crippen LogP contribution in [0.1, 0.15) is 12.5 Å². The van der Waals surface area contributed by atoms with E-state index in [4.69, 9.17) is 5.11 Å². The van der Waals surface area contributed by atoms with Crippen molar-refractivity contribution in [2.75, 3.05) is 18.0 Å². The van der Waals surface area contributed by atoms with Crippen LogP contribution < -0.4 is 4.90 Å². The molecule has 0 spiro atoms. The first kappa shape index (κ1) is 10.6.